The van der Waals surface area contributed by atoms with Crippen LogP contribution in [0.25, 0.3) is 0 Å². The Kier molecular flexibility index (Phi) is 7.24. The molecule has 8 heteroatoms. The highest BCUT2D eigenvalue weighted by Crippen LogP contribution is 2.06. The first-order chi connectivity index (χ1) is 10.5. The Bertz CT molecular complexity index is 522. The average Bonchev–Trinajstić information content (AvgIpc) is 2.51. The third kappa shape index (κ3) is 5.65. The number of amidine groups is 1. The molecule has 0 aliphatic heterocycles. The summed E-state index contributed by atoms with van der Waals surface area (Å²) < 4.78 is 7.19. The van der Waals surface area contributed by atoms with E-state index in [1.807, 2.05) is 44.2 Å². The summed E-state index contributed by atoms with van der Waals surface area (Å²) in [4.78, 5) is 24.7. The van der Waals surface area contributed by atoms with Crippen LogP contribution >= 0.6 is 11.9 Å². The summed E-state index contributed by atoms with van der Waals surface area (Å²) in [7, 11) is 1.22. The summed E-state index contributed by atoms with van der Waals surface area (Å²) in [5, 5.41) is 10.3. The van der Waals surface area contributed by atoms with E-state index in [9.17, 15) is 9.59 Å². The van der Waals surface area contributed by atoms with Crippen molar-refractivity contribution in [3.05, 3.63) is 35.9 Å². The molecular weight excluding hydrogens is 304 g/mol. The van der Waals surface area contributed by atoms with Crippen LogP contribution in [0.2, 0.25) is 0 Å². The van der Waals surface area contributed by atoms with E-state index in [0.29, 0.717) is 4.90 Å². The van der Waals surface area contributed by atoms with Crippen LogP contribution in [0.1, 0.15) is 19.4 Å². The van der Waals surface area contributed by atoms with Gasteiger partial charge in [0, 0.05) is 11.8 Å². The van der Waals surface area contributed by atoms with E-state index < -0.39 is 18.1 Å². The summed E-state index contributed by atoms with van der Waals surface area (Å²) >= 11 is 1.15. The van der Waals surface area contributed by atoms with Gasteiger partial charge in [0.1, 0.15) is 0 Å². The molecule has 0 aliphatic rings. The molecule has 0 saturated carbocycles. The van der Waals surface area contributed by atoms with Gasteiger partial charge < -0.3 is 10.1 Å². The standard InChI is InChI=1S/C14H20N4O3S/c1-10(2)22-17-14(20)18(12(15)21-3)13(19)16-9-11-7-5-4-6-8-11/h4-8,10,15H,9H2,1-3H3,(H,16,19)(H,17,20). The van der Waals surface area contributed by atoms with E-state index in [1.54, 1.807) is 0 Å². The Morgan fingerprint density at radius 2 is 1.91 bits per heavy atom. The third-order valence-electron chi connectivity index (χ3n) is 2.47. The first kappa shape index (κ1) is 17.8. The lowest BCUT2D eigenvalue weighted by Crippen LogP contribution is -2.50. The number of amides is 4. The van der Waals surface area contributed by atoms with Crippen LogP contribution in [0.15, 0.2) is 30.3 Å². The molecule has 0 aromatic heterocycles. The molecule has 7 nitrogen and oxygen atoms in total. The number of methoxy groups -OCH3 is 1. The van der Waals surface area contributed by atoms with Crippen LogP contribution in [0, 0.1) is 5.41 Å². The van der Waals surface area contributed by atoms with E-state index in [1.165, 1.54) is 7.11 Å². The van der Waals surface area contributed by atoms with Gasteiger partial charge in [0.05, 0.1) is 7.11 Å². The summed E-state index contributed by atoms with van der Waals surface area (Å²) in [5.41, 5.74) is 0.886. The maximum atomic E-state index is 12.1. The van der Waals surface area contributed by atoms with Crippen LogP contribution in [-0.2, 0) is 11.3 Å². The van der Waals surface area contributed by atoms with E-state index in [4.69, 9.17) is 10.1 Å². The number of nitrogens with zero attached hydrogens (tertiary/aromatic N) is 1. The zero-order valence-electron chi connectivity index (χ0n) is 12.8. The Labute approximate surface area is 134 Å². The molecule has 3 N–H and O–H groups in total. The average molecular weight is 324 g/mol. The summed E-state index contributed by atoms with van der Waals surface area (Å²) in [6.07, 6.45) is 0. The first-order valence-corrected chi connectivity index (χ1v) is 7.53. The third-order valence-corrected chi connectivity index (χ3v) is 3.23. The normalized spacial score (nSPS) is 10.0. The molecule has 120 valence electrons. The van der Waals surface area contributed by atoms with Gasteiger partial charge in [0.15, 0.2) is 0 Å². The number of nitrogens with one attached hydrogen (secondary N) is 3. The number of carbonyl (C=O) groups is 2. The minimum absolute atomic E-state index is 0.148. The molecule has 0 aliphatic carbocycles. The predicted octanol–water partition coefficient (Wildman–Crippen LogP) is 2.55. The van der Waals surface area contributed by atoms with Crippen molar-refractivity contribution in [1.82, 2.24) is 14.9 Å². The highest BCUT2D eigenvalue weighted by Gasteiger charge is 2.27. The van der Waals surface area contributed by atoms with Crippen molar-refractivity contribution < 1.29 is 14.3 Å². The van der Waals surface area contributed by atoms with Crippen LogP contribution in [-0.4, -0.2) is 35.3 Å². The van der Waals surface area contributed by atoms with Crippen molar-refractivity contribution in [2.45, 2.75) is 25.6 Å². The zero-order chi connectivity index (χ0) is 16.5. The topological polar surface area (TPSA) is 94.5 Å². The molecule has 1 aromatic rings. The Morgan fingerprint density at radius 3 is 2.45 bits per heavy atom. The van der Waals surface area contributed by atoms with Crippen LogP contribution in [0.5, 0.6) is 0 Å². The second-order valence-corrected chi connectivity index (χ2v) is 5.95. The van der Waals surface area contributed by atoms with Crippen LogP contribution in [0.3, 0.4) is 0 Å². The largest absolute Gasteiger partial charge is 0.468 e. The fourth-order valence-corrected chi connectivity index (χ4v) is 1.86. The Morgan fingerprint density at radius 1 is 1.27 bits per heavy atom. The molecule has 0 bridgehead atoms. The number of benzene rings is 1. The fraction of sp³-hybridized carbons (Fsp3) is 0.357. The second kappa shape index (κ2) is 8.93. The van der Waals surface area contributed by atoms with Gasteiger partial charge in [-0.25, -0.2) is 9.59 Å². The van der Waals surface area contributed by atoms with Gasteiger partial charge in [-0.3, -0.25) is 10.1 Å². The van der Waals surface area contributed by atoms with Crippen molar-refractivity contribution >= 4 is 30.0 Å². The van der Waals surface area contributed by atoms with E-state index >= 15 is 0 Å². The summed E-state index contributed by atoms with van der Waals surface area (Å²) in [6, 6.07) is 7.27. The molecule has 0 spiro atoms. The van der Waals surface area contributed by atoms with Gasteiger partial charge in [-0.15, -0.1) is 0 Å². The SMILES string of the molecule is COC(=N)N(C(=O)NCc1ccccc1)C(=O)NSC(C)C. The molecule has 0 saturated heterocycles. The number of imide groups is 1. The van der Waals surface area contributed by atoms with Gasteiger partial charge in [-0.2, -0.15) is 4.90 Å². The molecule has 0 unspecified atom stereocenters. The predicted molar refractivity (Wildman–Crippen MR) is 86.5 cm³/mol. The molecule has 0 fully saturated rings. The Hall–Kier alpha value is -2.22. The van der Waals surface area contributed by atoms with Crippen molar-refractivity contribution in [3.8, 4) is 0 Å². The van der Waals surface area contributed by atoms with Crippen molar-refractivity contribution in [1.29, 1.82) is 5.41 Å². The molecule has 0 atom stereocenters. The van der Waals surface area contributed by atoms with Gasteiger partial charge in [-0.05, 0) is 17.5 Å². The molecule has 1 rings (SSSR count). The monoisotopic (exact) mass is 324 g/mol. The van der Waals surface area contributed by atoms with Gasteiger partial charge >= 0.3 is 18.1 Å². The fourth-order valence-electron chi connectivity index (χ4n) is 1.43. The highest BCUT2D eigenvalue weighted by atomic mass is 32.2. The minimum atomic E-state index is -0.726. The number of rotatable bonds is 4. The number of ether oxygens (including phenoxy) is 1. The number of hydrogen-bond donors (Lipinski definition) is 3. The molecule has 4 amide bonds. The quantitative estimate of drug-likeness (QED) is 0.451. The lowest BCUT2D eigenvalue weighted by molar-refractivity contribution is 0.197. The van der Waals surface area contributed by atoms with E-state index in [0.717, 1.165) is 17.5 Å². The number of carbonyl (C=O) groups excluding carboxylic acids is 2. The number of urea groups is 2. The van der Waals surface area contributed by atoms with Crippen LogP contribution < -0.4 is 10.0 Å². The van der Waals surface area contributed by atoms with E-state index in [2.05, 4.69) is 10.0 Å². The molecule has 1 aromatic carbocycles. The lowest BCUT2D eigenvalue weighted by Gasteiger charge is -2.20. The minimum Gasteiger partial charge on any atom is -0.468 e. The maximum Gasteiger partial charge on any atom is 0.343 e. The molecule has 0 radical (unpaired) electrons. The van der Waals surface area contributed by atoms with Crippen molar-refractivity contribution in [2.24, 2.45) is 0 Å². The van der Waals surface area contributed by atoms with Gasteiger partial charge in [-0.1, -0.05) is 44.2 Å². The zero-order valence-corrected chi connectivity index (χ0v) is 13.6. The molecule has 22 heavy (non-hydrogen) atoms. The van der Waals surface area contributed by atoms with Gasteiger partial charge in [0.25, 0.3) is 0 Å². The van der Waals surface area contributed by atoms with Gasteiger partial charge in [0.2, 0.25) is 0 Å². The highest BCUT2D eigenvalue weighted by molar-refractivity contribution is 7.98. The lowest BCUT2D eigenvalue weighted by atomic mass is 10.2. The van der Waals surface area contributed by atoms with Crippen molar-refractivity contribution in [3.63, 3.8) is 0 Å². The van der Waals surface area contributed by atoms with Crippen molar-refractivity contribution in [2.75, 3.05) is 7.11 Å². The molecular formula is C14H20N4O3S. The molecule has 0 heterocycles. The van der Waals surface area contributed by atoms with Crippen LogP contribution in [0.4, 0.5) is 9.59 Å². The summed E-state index contributed by atoms with van der Waals surface area (Å²) in [5.74, 6) is 0. The second-order valence-electron chi connectivity index (χ2n) is 4.56. The Balaban J connectivity index is 2.68. The smallest absolute Gasteiger partial charge is 0.343 e. The maximum absolute atomic E-state index is 12.1. The summed E-state index contributed by atoms with van der Waals surface area (Å²) in [6.45, 7) is 4.04. The number of hydrogen-bond acceptors (Lipinski definition) is 5. The van der Waals surface area contributed by atoms with E-state index in [-0.39, 0.29) is 11.8 Å². The first-order valence-electron chi connectivity index (χ1n) is 6.65.